The molecular weight excluding hydrogens is 378 g/mol. The van der Waals surface area contributed by atoms with Crippen LogP contribution in [0.2, 0.25) is 5.02 Å². The van der Waals surface area contributed by atoms with E-state index in [1.165, 1.54) is 11.3 Å². The molecule has 0 aliphatic carbocycles. The van der Waals surface area contributed by atoms with Crippen LogP contribution in [-0.4, -0.2) is 14.3 Å². The zero-order valence-corrected chi connectivity index (χ0v) is 15.2. The van der Waals surface area contributed by atoms with Gasteiger partial charge in [0.1, 0.15) is 0 Å². The van der Waals surface area contributed by atoms with Crippen LogP contribution in [0.3, 0.4) is 0 Å². The quantitative estimate of drug-likeness (QED) is 0.696. The molecule has 2 heterocycles. The average Bonchev–Trinajstić information content (AvgIpc) is 3.00. The number of rotatable bonds is 2. The van der Waals surface area contributed by atoms with E-state index in [1.807, 2.05) is 0 Å². The molecule has 0 unspecified atom stereocenters. The number of amides is 1. The Hall–Kier alpha value is -2.15. The van der Waals surface area contributed by atoms with Crippen LogP contribution in [0.1, 0.15) is 15.2 Å². The van der Waals surface area contributed by atoms with Gasteiger partial charge in [-0.1, -0.05) is 41.9 Å². The Morgan fingerprint density at radius 3 is 2.60 bits per heavy atom. The number of thiophene rings is 1. The summed E-state index contributed by atoms with van der Waals surface area (Å²) < 4.78 is 24.9. The van der Waals surface area contributed by atoms with Crippen molar-refractivity contribution in [2.24, 2.45) is 0 Å². The van der Waals surface area contributed by atoms with Crippen LogP contribution in [0.15, 0.2) is 59.5 Å². The van der Waals surface area contributed by atoms with E-state index in [2.05, 4.69) is 5.32 Å². The van der Waals surface area contributed by atoms with Gasteiger partial charge in [-0.15, -0.1) is 11.3 Å². The van der Waals surface area contributed by atoms with Crippen molar-refractivity contribution in [3.63, 3.8) is 0 Å². The lowest BCUT2D eigenvalue weighted by atomic mass is 10.1. The van der Waals surface area contributed by atoms with E-state index in [0.717, 1.165) is 4.88 Å². The molecule has 3 aromatic rings. The molecule has 7 heteroatoms. The molecule has 1 N–H and O–H groups in total. The molecular formula is C18H12ClNO3S2. The lowest BCUT2D eigenvalue weighted by Gasteiger charge is -2.15. The first-order chi connectivity index (χ1) is 12.0. The van der Waals surface area contributed by atoms with Crippen LogP contribution in [-0.2, 0) is 15.6 Å². The summed E-state index contributed by atoms with van der Waals surface area (Å²) in [7, 11) is -3.38. The Labute approximate surface area is 154 Å². The van der Waals surface area contributed by atoms with Crippen molar-refractivity contribution in [1.82, 2.24) is 0 Å². The molecule has 25 heavy (non-hydrogen) atoms. The van der Waals surface area contributed by atoms with Gasteiger partial charge in [0.2, 0.25) is 0 Å². The molecule has 1 aliphatic rings. The molecule has 1 amide bonds. The van der Waals surface area contributed by atoms with E-state index in [1.54, 1.807) is 54.6 Å². The number of hydrogen-bond acceptors (Lipinski definition) is 4. The molecule has 0 bridgehead atoms. The van der Waals surface area contributed by atoms with Crippen LogP contribution < -0.4 is 5.32 Å². The SMILES string of the molecule is O=C(Nc1ccccc1Cl)c1cc2c(s1)-c1ccccc1S(=O)(=O)C2. The second-order valence-electron chi connectivity index (χ2n) is 5.65. The second-order valence-corrected chi connectivity index (χ2v) is 9.07. The van der Waals surface area contributed by atoms with Gasteiger partial charge < -0.3 is 5.32 Å². The standard InChI is InChI=1S/C18H12ClNO3S2/c19-13-6-2-3-7-14(13)20-18(21)15-9-11-10-25(22,23)16-8-4-1-5-12(16)17(11)24-15/h1-9H,10H2,(H,20,21). The molecule has 0 fully saturated rings. The van der Waals surface area contributed by atoms with Gasteiger partial charge in [-0.05, 0) is 29.8 Å². The summed E-state index contributed by atoms with van der Waals surface area (Å²) in [6.45, 7) is 0. The van der Waals surface area contributed by atoms with Crippen molar-refractivity contribution in [2.75, 3.05) is 5.32 Å². The number of sulfone groups is 1. The highest BCUT2D eigenvalue weighted by molar-refractivity contribution is 7.91. The predicted octanol–water partition coefficient (Wildman–Crippen LogP) is 4.61. The summed E-state index contributed by atoms with van der Waals surface area (Å²) in [6.07, 6.45) is 0. The van der Waals surface area contributed by atoms with E-state index < -0.39 is 9.84 Å². The number of anilines is 1. The van der Waals surface area contributed by atoms with Crippen LogP contribution in [0.4, 0.5) is 5.69 Å². The predicted molar refractivity (Wildman–Crippen MR) is 100 cm³/mol. The number of nitrogens with one attached hydrogen (secondary N) is 1. The first-order valence-corrected chi connectivity index (χ1v) is 10.3. The average molecular weight is 390 g/mol. The van der Waals surface area contributed by atoms with Gasteiger partial charge in [0.05, 0.1) is 26.2 Å². The molecule has 126 valence electrons. The van der Waals surface area contributed by atoms with Gasteiger partial charge >= 0.3 is 0 Å². The minimum Gasteiger partial charge on any atom is -0.320 e. The molecule has 1 aliphatic heterocycles. The third-order valence-electron chi connectivity index (χ3n) is 3.97. The lowest BCUT2D eigenvalue weighted by Crippen LogP contribution is -2.11. The van der Waals surface area contributed by atoms with E-state index in [-0.39, 0.29) is 11.7 Å². The summed E-state index contributed by atoms with van der Waals surface area (Å²) in [5.41, 5.74) is 1.84. The summed E-state index contributed by atoms with van der Waals surface area (Å²) in [4.78, 5) is 14.2. The topological polar surface area (TPSA) is 63.2 Å². The fourth-order valence-electron chi connectivity index (χ4n) is 2.83. The van der Waals surface area contributed by atoms with Crippen LogP contribution in [0.5, 0.6) is 0 Å². The minimum absolute atomic E-state index is 0.0881. The summed E-state index contributed by atoms with van der Waals surface area (Å²) in [5.74, 6) is -0.391. The van der Waals surface area contributed by atoms with E-state index in [0.29, 0.717) is 31.6 Å². The van der Waals surface area contributed by atoms with Crippen LogP contribution in [0, 0.1) is 0 Å². The lowest BCUT2D eigenvalue weighted by molar-refractivity contribution is 0.103. The Balaban J connectivity index is 1.74. The number of fused-ring (bicyclic) bond motifs is 3. The van der Waals surface area contributed by atoms with Crippen molar-refractivity contribution in [3.8, 4) is 10.4 Å². The van der Waals surface area contributed by atoms with Crippen molar-refractivity contribution < 1.29 is 13.2 Å². The van der Waals surface area contributed by atoms with Gasteiger partial charge in [0.25, 0.3) is 5.91 Å². The molecule has 1 aromatic heterocycles. The fraction of sp³-hybridized carbons (Fsp3) is 0.0556. The maximum Gasteiger partial charge on any atom is 0.265 e. The highest BCUT2D eigenvalue weighted by Crippen LogP contribution is 2.42. The summed E-state index contributed by atoms with van der Waals surface area (Å²) in [6, 6.07) is 15.5. The van der Waals surface area contributed by atoms with Gasteiger partial charge in [0, 0.05) is 10.4 Å². The smallest absolute Gasteiger partial charge is 0.265 e. The summed E-state index contributed by atoms with van der Waals surface area (Å²) >= 11 is 7.36. The van der Waals surface area contributed by atoms with Gasteiger partial charge in [-0.25, -0.2) is 8.42 Å². The molecule has 0 atom stereocenters. The Morgan fingerprint density at radius 1 is 1.08 bits per heavy atom. The molecule has 4 nitrogen and oxygen atoms in total. The highest BCUT2D eigenvalue weighted by atomic mass is 35.5. The second kappa shape index (κ2) is 5.98. The third-order valence-corrected chi connectivity index (χ3v) is 7.22. The van der Waals surface area contributed by atoms with Crippen molar-refractivity contribution in [3.05, 3.63) is 70.1 Å². The van der Waals surface area contributed by atoms with Gasteiger partial charge in [-0.2, -0.15) is 0 Å². The Bertz CT molecular complexity index is 1100. The number of halogens is 1. The van der Waals surface area contributed by atoms with Crippen molar-refractivity contribution in [1.29, 1.82) is 0 Å². The van der Waals surface area contributed by atoms with Crippen LogP contribution >= 0.6 is 22.9 Å². The van der Waals surface area contributed by atoms with Gasteiger partial charge in [0.15, 0.2) is 9.84 Å². The molecule has 0 radical (unpaired) electrons. The zero-order chi connectivity index (χ0) is 17.6. The monoisotopic (exact) mass is 389 g/mol. The molecule has 4 rings (SSSR count). The fourth-order valence-corrected chi connectivity index (χ4v) is 5.87. The first kappa shape index (κ1) is 16.3. The molecule has 0 saturated carbocycles. The number of carbonyl (C=O) groups excluding carboxylic acids is 1. The normalized spacial score (nSPS) is 14.4. The van der Waals surface area contributed by atoms with E-state index in [9.17, 15) is 13.2 Å². The van der Waals surface area contributed by atoms with Gasteiger partial charge in [-0.3, -0.25) is 4.79 Å². The third kappa shape index (κ3) is 2.86. The first-order valence-electron chi connectivity index (χ1n) is 7.46. The Morgan fingerprint density at radius 2 is 1.80 bits per heavy atom. The van der Waals surface area contributed by atoms with Crippen molar-refractivity contribution in [2.45, 2.75) is 10.6 Å². The number of para-hydroxylation sites is 1. The number of carbonyl (C=O) groups is 1. The molecule has 0 spiro atoms. The minimum atomic E-state index is -3.38. The maximum atomic E-state index is 12.5. The number of hydrogen-bond donors (Lipinski definition) is 1. The zero-order valence-electron chi connectivity index (χ0n) is 12.8. The summed E-state index contributed by atoms with van der Waals surface area (Å²) in [5, 5.41) is 3.22. The van der Waals surface area contributed by atoms with Crippen LogP contribution in [0.25, 0.3) is 10.4 Å². The van der Waals surface area contributed by atoms with E-state index >= 15 is 0 Å². The number of benzene rings is 2. The Kier molecular flexibility index (Phi) is 3.91. The van der Waals surface area contributed by atoms with E-state index in [4.69, 9.17) is 11.6 Å². The van der Waals surface area contributed by atoms with Crippen molar-refractivity contribution >= 4 is 44.4 Å². The highest BCUT2D eigenvalue weighted by Gasteiger charge is 2.30. The largest absolute Gasteiger partial charge is 0.320 e. The maximum absolute atomic E-state index is 12.5. The molecule has 0 saturated heterocycles. The molecule has 2 aromatic carbocycles.